The maximum atomic E-state index is 3.71. The van der Waals surface area contributed by atoms with E-state index in [9.17, 15) is 0 Å². The fraction of sp³-hybridized carbons (Fsp3) is 0.667. The van der Waals surface area contributed by atoms with Crippen molar-refractivity contribution in [3.63, 3.8) is 0 Å². The van der Waals surface area contributed by atoms with Crippen LogP contribution in [0.4, 0.5) is 0 Å². The third kappa shape index (κ3) is 2.33. The van der Waals surface area contributed by atoms with E-state index >= 15 is 0 Å². The molecular formula is C18H27N. The summed E-state index contributed by atoms with van der Waals surface area (Å²) in [7, 11) is 2.18. The largest absolute Gasteiger partial charge is 0.316 e. The topological polar surface area (TPSA) is 12.0 Å². The summed E-state index contributed by atoms with van der Waals surface area (Å²) in [4.78, 5) is 0. The molecule has 0 aliphatic heterocycles. The van der Waals surface area contributed by atoms with E-state index in [4.69, 9.17) is 0 Å². The van der Waals surface area contributed by atoms with Gasteiger partial charge >= 0.3 is 0 Å². The van der Waals surface area contributed by atoms with E-state index in [0.29, 0.717) is 11.5 Å². The lowest BCUT2D eigenvalue weighted by molar-refractivity contribution is 0.120. The minimum Gasteiger partial charge on any atom is -0.316 e. The molecule has 0 radical (unpaired) electrons. The summed E-state index contributed by atoms with van der Waals surface area (Å²) in [6.45, 7) is 0. The summed E-state index contributed by atoms with van der Waals surface area (Å²) in [5.41, 5.74) is 1.99. The van der Waals surface area contributed by atoms with Crippen LogP contribution in [0.3, 0.4) is 0 Å². The van der Waals surface area contributed by atoms with Crippen LogP contribution in [0.2, 0.25) is 0 Å². The molecule has 1 atom stereocenters. The summed E-state index contributed by atoms with van der Waals surface area (Å²) in [6.07, 6.45) is 11.3. The smallest absolute Gasteiger partial charge is 0.0189 e. The lowest BCUT2D eigenvalue weighted by atomic mass is 9.59. The Morgan fingerprint density at radius 1 is 1.00 bits per heavy atom. The monoisotopic (exact) mass is 257 g/mol. The van der Waals surface area contributed by atoms with Crippen LogP contribution in [-0.2, 0) is 5.41 Å². The summed E-state index contributed by atoms with van der Waals surface area (Å²) in [6, 6.07) is 12.0. The van der Waals surface area contributed by atoms with E-state index < -0.39 is 0 Å². The lowest BCUT2D eigenvalue weighted by Gasteiger charge is -2.50. The van der Waals surface area contributed by atoms with Gasteiger partial charge in [-0.25, -0.2) is 0 Å². The predicted molar refractivity (Wildman–Crippen MR) is 81.4 cm³/mol. The fourth-order valence-corrected chi connectivity index (χ4v) is 4.47. The zero-order valence-electron chi connectivity index (χ0n) is 12.2. The average Bonchev–Trinajstić information content (AvgIpc) is 2.44. The molecule has 3 rings (SSSR count). The van der Waals surface area contributed by atoms with Crippen molar-refractivity contribution >= 4 is 0 Å². The molecule has 0 heterocycles. The Bertz CT molecular complexity index is 387. The molecule has 2 aliphatic rings. The van der Waals surface area contributed by atoms with Crippen molar-refractivity contribution in [2.45, 2.75) is 62.8 Å². The summed E-state index contributed by atoms with van der Waals surface area (Å²) in [5, 5.41) is 3.71. The van der Waals surface area contributed by atoms with E-state index in [-0.39, 0.29) is 0 Å². The molecule has 0 bridgehead atoms. The fourth-order valence-electron chi connectivity index (χ4n) is 4.47. The first kappa shape index (κ1) is 13.2. The molecule has 1 N–H and O–H groups in total. The zero-order chi connectivity index (χ0) is 13.1. The normalized spacial score (nSPS) is 24.7. The summed E-state index contributed by atoms with van der Waals surface area (Å²) >= 11 is 0. The Kier molecular flexibility index (Phi) is 3.93. The van der Waals surface area contributed by atoms with Gasteiger partial charge in [0.2, 0.25) is 0 Å². The molecule has 0 saturated heterocycles. The quantitative estimate of drug-likeness (QED) is 0.849. The Hall–Kier alpha value is -0.820. The second-order valence-corrected chi connectivity index (χ2v) is 6.54. The van der Waals surface area contributed by atoms with Crippen LogP contribution in [0.25, 0.3) is 0 Å². The Balaban J connectivity index is 1.95. The average molecular weight is 257 g/mol. The Labute approximate surface area is 117 Å². The molecule has 19 heavy (non-hydrogen) atoms. The van der Waals surface area contributed by atoms with Gasteiger partial charge in [-0.3, -0.25) is 0 Å². The Morgan fingerprint density at radius 2 is 1.68 bits per heavy atom. The van der Waals surface area contributed by atoms with Gasteiger partial charge in [-0.1, -0.05) is 56.0 Å². The molecule has 2 fully saturated rings. The maximum absolute atomic E-state index is 3.71. The standard InChI is InChI=1S/C18H27N/c1-19-17(15-9-8-10-15)18(13-6-3-7-14-18)16-11-4-2-5-12-16/h2,4-5,11-12,15,17,19H,3,6-10,13-14H2,1H3. The summed E-state index contributed by atoms with van der Waals surface area (Å²) < 4.78 is 0. The van der Waals surface area contributed by atoms with E-state index in [0.717, 1.165) is 5.92 Å². The van der Waals surface area contributed by atoms with Crippen molar-refractivity contribution < 1.29 is 0 Å². The number of nitrogens with one attached hydrogen (secondary N) is 1. The first-order chi connectivity index (χ1) is 9.37. The second-order valence-electron chi connectivity index (χ2n) is 6.54. The van der Waals surface area contributed by atoms with Gasteiger partial charge in [-0.05, 0) is 44.2 Å². The van der Waals surface area contributed by atoms with Crippen LogP contribution in [0.15, 0.2) is 30.3 Å². The van der Waals surface area contributed by atoms with Crippen molar-refractivity contribution in [1.29, 1.82) is 0 Å². The van der Waals surface area contributed by atoms with Crippen molar-refractivity contribution in [1.82, 2.24) is 5.32 Å². The highest BCUT2D eigenvalue weighted by Gasteiger charge is 2.45. The SMILES string of the molecule is CNC(C1CCC1)C1(c2ccccc2)CCCCC1. The third-order valence-electron chi connectivity index (χ3n) is 5.62. The van der Waals surface area contributed by atoms with Crippen molar-refractivity contribution in [2.75, 3.05) is 7.05 Å². The molecule has 1 unspecified atom stereocenters. The Morgan fingerprint density at radius 3 is 2.21 bits per heavy atom. The number of hydrogen-bond donors (Lipinski definition) is 1. The molecule has 104 valence electrons. The minimum absolute atomic E-state index is 0.402. The van der Waals surface area contributed by atoms with Crippen LogP contribution in [0.1, 0.15) is 56.9 Å². The van der Waals surface area contributed by atoms with E-state index in [1.807, 2.05) is 0 Å². The molecule has 1 aromatic rings. The van der Waals surface area contributed by atoms with Gasteiger partial charge in [0.05, 0.1) is 0 Å². The highest BCUT2D eigenvalue weighted by molar-refractivity contribution is 5.29. The van der Waals surface area contributed by atoms with Crippen LogP contribution in [-0.4, -0.2) is 13.1 Å². The van der Waals surface area contributed by atoms with Gasteiger partial charge in [0.1, 0.15) is 0 Å². The van der Waals surface area contributed by atoms with E-state index in [1.54, 1.807) is 5.56 Å². The first-order valence-corrected chi connectivity index (χ1v) is 8.09. The zero-order valence-corrected chi connectivity index (χ0v) is 12.2. The van der Waals surface area contributed by atoms with Crippen molar-refractivity contribution in [2.24, 2.45) is 5.92 Å². The predicted octanol–water partition coefficient (Wildman–Crippen LogP) is 4.28. The van der Waals surface area contributed by atoms with Gasteiger partial charge in [0.25, 0.3) is 0 Å². The second kappa shape index (κ2) is 5.66. The highest BCUT2D eigenvalue weighted by Crippen LogP contribution is 2.47. The van der Waals surface area contributed by atoms with Gasteiger partial charge in [-0.15, -0.1) is 0 Å². The number of benzene rings is 1. The number of likely N-dealkylation sites (N-methyl/N-ethyl adjacent to an activating group) is 1. The van der Waals surface area contributed by atoms with Crippen LogP contribution < -0.4 is 5.32 Å². The van der Waals surface area contributed by atoms with Crippen LogP contribution in [0, 0.1) is 5.92 Å². The molecule has 0 aromatic heterocycles. The third-order valence-corrected chi connectivity index (χ3v) is 5.62. The molecule has 1 heteroatoms. The molecule has 2 saturated carbocycles. The molecule has 1 aromatic carbocycles. The molecular weight excluding hydrogens is 230 g/mol. The van der Waals surface area contributed by atoms with E-state index in [1.165, 1.54) is 51.4 Å². The summed E-state index contributed by atoms with van der Waals surface area (Å²) in [5.74, 6) is 0.906. The van der Waals surface area contributed by atoms with Crippen molar-refractivity contribution in [3.8, 4) is 0 Å². The van der Waals surface area contributed by atoms with Gasteiger partial charge in [0.15, 0.2) is 0 Å². The maximum Gasteiger partial charge on any atom is 0.0189 e. The minimum atomic E-state index is 0.402. The molecule has 1 nitrogen and oxygen atoms in total. The van der Waals surface area contributed by atoms with E-state index in [2.05, 4.69) is 42.7 Å². The first-order valence-electron chi connectivity index (χ1n) is 8.09. The number of hydrogen-bond acceptors (Lipinski definition) is 1. The van der Waals surface area contributed by atoms with Crippen molar-refractivity contribution in [3.05, 3.63) is 35.9 Å². The molecule has 0 spiro atoms. The van der Waals surface area contributed by atoms with Crippen LogP contribution in [0.5, 0.6) is 0 Å². The lowest BCUT2D eigenvalue weighted by Crippen LogP contribution is -2.54. The molecule has 2 aliphatic carbocycles. The van der Waals surface area contributed by atoms with Gasteiger partial charge < -0.3 is 5.32 Å². The number of rotatable bonds is 4. The van der Waals surface area contributed by atoms with Gasteiger partial charge in [-0.2, -0.15) is 0 Å². The highest BCUT2D eigenvalue weighted by atomic mass is 14.9. The molecule has 0 amide bonds. The van der Waals surface area contributed by atoms with Gasteiger partial charge in [0, 0.05) is 11.5 Å². The van der Waals surface area contributed by atoms with Crippen LogP contribution >= 0.6 is 0 Å².